The van der Waals surface area contributed by atoms with Gasteiger partial charge in [-0.05, 0) is 42.7 Å². The second-order valence-corrected chi connectivity index (χ2v) is 6.17. The topological polar surface area (TPSA) is 71.5 Å². The number of carbonyl (C=O) groups excluding carboxylic acids is 1. The number of nitrogens with one attached hydrogen (secondary N) is 1. The molecule has 2 aliphatic rings. The highest BCUT2D eigenvalue weighted by Gasteiger charge is 2.70. The molecule has 1 saturated heterocycles. The number of aliphatic hydroxyl groups is 1. The molecule has 0 radical (unpaired) electrons. The van der Waals surface area contributed by atoms with Crippen LogP contribution in [0.1, 0.15) is 31.2 Å². The summed E-state index contributed by atoms with van der Waals surface area (Å²) in [6.45, 7) is 2.00. The number of ether oxygens (including phenoxy) is 1. The van der Waals surface area contributed by atoms with E-state index < -0.39 is 5.41 Å². The maximum absolute atomic E-state index is 12.7. The second-order valence-electron chi connectivity index (χ2n) is 6.17. The first kappa shape index (κ1) is 14.5. The molecule has 1 saturated carbocycles. The third-order valence-corrected chi connectivity index (χ3v) is 5.13. The molecular formula is C16H22N2O3. The fourth-order valence-corrected chi connectivity index (χ4v) is 3.78. The summed E-state index contributed by atoms with van der Waals surface area (Å²) in [5.41, 5.74) is 0.646. The summed E-state index contributed by atoms with van der Waals surface area (Å²) in [5.74, 6) is 0.0716. The number of hydrogen-bond donors (Lipinski definition) is 2. The Hall–Kier alpha value is -1.46. The number of hydrogen-bond acceptors (Lipinski definition) is 4. The molecular weight excluding hydrogens is 268 g/mol. The fourth-order valence-electron chi connectivity index (χ4n) is 3.78. The van der Waals surface area contributed by atoms with Gasteiger partial charge >= 0.3 is 0 Å². The van der Waals surface area contributed by atoms with Crippen molar-refractivity contribution in [2.75, 3.05) is 19.8 Å². The highest BCUT2D eigenvalue weighted by atomic mass is 16.5. The molecule has 3 rings (SSSR count). The van der Waals surface area contributed by atoms with Crippen molar-refractivity contribution in [3.63, 3.8) is 0 Å². The van der Waals surface area contributed by atoms with Crippen LogP contribution in [0.15, 0.2) is 24.5 Å². The molecule has 2 fully saturated rings. The van der Waals surface area contributed by atoms with Gasteiger partial charge in [-0.3, -0.25) is 9.78 Å². The van der Waals surface area contributed by atoms with Crippen LogP contribution in [0, 0.1) is 10.8 Å². The van der Waals surface area contributed by atoms with Crippen LogP contribution in [0.2, 0.25) is 0 Å². The molecule has 1 aliphatic carbocycles. The van der Waals surface area contributed by atoms with Gasteiger partial charge in [-0.25, -0.2) is 0 Å². The van der Waals surface area contributed by atoms with Gasteiger partial charge in [0.25, 0.3) is 0 Å². The van der Waals surface area contributed by atoms with Gasteiger partial charge in [-0.2, -0.15) is 0 Å². The first-order chi connectivity index (χ1) is 10.2. The maximum atomic E-state index is 12.7. The summed E-state index contributed by atoms with van der Waals surface area (Å²) < 4.78 is 5.42. The number of amides is 1. The molecule has 1 aromatic heterocycles. The van der Waals surface area contributed by atoms with E-state index in [0.29, 0.717) is 13.0 Å². The number of aromatic nitrogens is 1. The van der Waals surface area contributed by atoms with E-state index in [9.17, 15) is 9.90 Å². The smallest absolute Gasteiger partial charge is 0.227 e. The lowest BCUT2D eigenvalue weighted by Gasteiger charge is -2.28. The fraction of sp³-hybridized carbons (Fsp3) is 0.625. The molecule has 1 amide bonds. The number of carbonyl (C=O) groups is 1. The van der Waals surface area contributed by atoms with Crippen molar-refractivity contribution < 1.29 is 14.6 Å². The van der Waals surface area contributed by atoms with Crippen LogP contribution in [0.25, 0.3) is 0 Å². The van der Waals surface area contributed by atoms with E-state index in [1.165, 1.54) is 0 Å². The lowest BCUT2D eigenvalue weighted by atomic mass is 9.83. The zero-order valence-corrected chi connectivity index (χ0v) is 12.2. The van der Waals surface area contributed by atoms with Crippen molar-refractivity contribution in [1.82, 2.24) is 10.3 Å². The molecule has 1 aromatic rings. The van der Waals surface area contributed by atoms with Crippen LogP contribution in [-0.2, 0) is 16.1 Å². The van der Waals surface area contributed by atoms with Gasteiger partial charge in [0.1, 0.15) is 0 Å². The Morgan fingerprint density at radius 3 is 2.90 bits per heavy atom. The Morgan fingerprint density at radius 2 is 2.24 bits per heavy atom. The predicted octanol–water partition coefficient (Wildman–Crippen LogP) is 1.27. The third-order valence-electron chi connectivity index (χ3n) is 5.13. The SMILES string of the molecule is O=C(NCc1cccnc1)C1(CCO)CC12CCOCC2. The maximum Gasteiger partial charge on any atom is 0.227 e. The highest BCUT2D eigenvalue weighted by Crippen LogP contribution is 2.70. The minimum Gasteiger partial charge on any atom is -0.396 e. The van der Waals surface area contributed by atoms with E-state index in [1.807, 2.05) is 12.1 Å². The molecule has 0 aromatic carbocycles. The lowest BCUT2D eigenvalue weighted by Crippen LogP contribution is -2.38. The Morgan fingerprint density at radius 1 is 1.43 bits per heavy atom. The van der Waals surface area contributed by atoms with E-state index in [4.69, 9.17) is 4.74 Å². The molecule has 2 heterocycles. The van der Waals surface area contributed by atoms with Crippen molar-refractivity contribution >= 4 is 5.91 Å². The zero-order valence-electron chi connectivity index (χ0n) is 12.2. The standard InChI is InChI=1S/C16H22N2O3/c19-7-3-16(12-15(16)4-8-21-9-5-15)14(20)18-11-13-2-1-6-17-10-13/h1-2,6,10,19H,3-5,7-9,11-12H2,(H,18,20). The molecule has 1 aliphatic heterocycles. The van der Waals surface area contributed by atoms with Crippen molar-refractivity contribution in [3.05, 3.63) is 30.1 Å². The van der Waals surface area contributed by atoms with Crippen LogP contribution in [0.3, 0.4) is 0 Å². The highest BCUT2D eigenvalue weighted by molar-refractivity contribution is 5.87. The van der Waals surface area contributed by atoms with E-state index >= 15 is 0 Å². The molecule has 1 atom stereocenters. The summed E-state index contributed by atoms with van der Waals surface area (Å²) >= 11 is 0. The third kappa shape index (κ3) is 2.56. The second kappa shape index (κ2) is 5.73. The van der Waals surface area contributed by atoms with Gasteiger partial charge < -0.3 is 15.2 Å². The Labute approximate surface area is 124 Å². The van der Waals surface area contributed by atoms with Crippen LogP contribution in [-0.4, -0.2) is 35.8 Å². The zero-order chi connectivity index (χ0) is 14.8. The van der Waals surface area contributed by atoms with Crippen LogP contribution >= 0.6 is 0 Å². The van der Waals surface area contributed by atoms with Crippen molar-refractivity contribution in [3.8, 4) is 0 Å². The van der Waals surface area contributed by atoms with E-state index in [2.05, 4.69) is 10.3 Å². The Balaban J connectivity index is 1.66. The Kier molecular flexibility index (Phi) is 3.95. The number of rotatable bonds is 5. The van der Waals surface area contributed by atoms with E-state index in [0.717, 1.165) is 38.0 Å². The van der Waals surface area contributed by atoms with Crippen molar-refractivity contribution in [1.29, 1.82) is 0 Å². The van der Waals surface area contributed by atoms with Gasteiger partial charge in [0.2, 0.25) is 5.91 Å². The lowest BCUT2D eigenvalue weighted by molar-refractivity contribution is -0.129. The van der Waals surface area contributed by atoms with E-state index in [1.54, 1.807) is 12.4 Å². The predicted molar refractivity (Wildman–Crippen MR) is 77.3 cm³/mol. The molecule has 114 valence electrons. The van der Waals surface area contributed by atoms with Gasteiger partial charge in [0, 0.05) is 38.8 Å². The van der Waals surface area contributed by atoms with Crippen LogP contribution in [0.4, 0.5) is 0 Å². The quantitative estimate of drug-likeness (QED) is 0.856. The van der Waals surface area contributed by atoms with Gasteiger partial charge in [-0.15, -0.1) is 0 Å². The number of pyridine rings is 1. The molecule has 1 unspecified atom stereocenters. The first-order valence-corrected chi connectivity index (χ1v) is 7.58. The molecule has 0 bridgehead atoms. The van der Waals surface area contributed by atoms with Crippen molar-refractivity contribution in [2.24, 2.45) is 10.8 Å². The normalized spacial score (nSPS) is 26.5. The average molecular weight is 290 g/mol. The van der Waals surface area contributed by atoms with Crippen molar-refractivity contribution in [2.45, 2.75) is 32.2 Å². The van der Waals surface area contributed by atoms with Crippen LogP contribution in [0.5, 0.6) is 0 Å². The summed E-state index contributed by atoms with van der Waals surface area (Å²) in [5, 5.41) is 12.4. The summed E-state index contributed by atoms with van der Waals surface area (Å²) in [6.07, 6.45) is 6.75. The van der Waals surface area contributed by atoms with E-state index in [-0.39, 0.29) is 17.9 Å². The largest absolute Gasteiger partial charge is 0.396 e. The molecule has 2 N–H and O–H groups in total. The first-order valence-electron chi connectivity index (χ1n) is 7.58. The minimum atomic E-state index is -0.395. The summed E-state index contributed by atoms with van der Waals surface area (Å²) in [7, 11) is 0. The number of aliphatic hydroxyl groups excluding tert-OH is 1. The minimum absolute atomic E-state index is 0.0486. The summed E-state index contributed by atoms with van der Waals surface area (Å²) in [6, 6.07) is 3.81. The van der Waals surface area contributed by atoms with Crippen LogP contribution < -0.4 is 5.32 Å². The molecule has 21 heavy (non-hydrogen) atoms. The molecule has 1 spiro atoms. The van der Waals surface area contributed by atoms with Gasteiger partial charge in [0.15, 0.2) is 0 Å². The summed E-state index contributed by atoms with van der Waals surface area (Å²) in [4.78, 5) is 16.7. The Bertz CT molecular complexity index is 500. The molecule has 5 heteroatoms. The molecule has 5 nitrogen and oxygen atoms in total. The van der Waals surface area contributed by atoms with Gasteiger partial charge in [0.05, 0.1) is 5.41 Å². The monoisotopic (exact) mass is 290 g/mol. The average Bonchev–Trinajstić information content (AvgIpc) is 3.14. The number of nitrogens with zero attached hydrogens (tertiary/aromatic N) is 1. The van der Waals surface area contributed by atoms with Gasteiger partial charge in [-0.1, -0.05) is 6.07 Å².